The van der Waals surface area contributed by atoms with E-state index in [2.05, 4.69) is 35.8 Å². The molecule has 1 fully saturated rings. The van der Waals surface area contributed by atoms with E-state index >= 15 is 0 Å². The van der Waals surface area contributed by atoms with Gasteiger partial charge in [0, 0.05) is 12.1 Å². The van der Waals surface area contributed by atoms with E-state index in [1.165, 1.54) is 51.5 Å². The summed E-state index contributed by atoms with van der Waals surface area (Å²) in [5.41, 5.74) is 1.64. The van der Waals surface area contributed by atoms with Crippen molar-refractivity contribution in [2.45, 2.75) is 70.4 Å². The van der Waals surface area contributed by atoms with Crippen molar-refractivity contribution >= 4 is 0 Å². The fraction of sp³-hybridized carbons (Fsp3) is 0.765. The number of nitrogens with one attached hydrogen (secondary N) is 2. The van der Waals surface area contributed by atoms with Crippen LogP contribution in [0, 0.1) is 0 Å². The minimum absolute atomic E-state index is 0.703. The van der Waals surface area contributed by atoms with E-state index in [0.717, 1.165) is 13.0 Å². The van der Waals surface area contributed by atoms with Gasteiger partial charge in [-0.2, -0.15) is 0 Å². The average molecular weight is 262 g/mol. The van der Waals surface area contributed by atoms with Crippen molar-refractivity contribution < 1.29 is 0 Å². The lowest BCUT2D eigenvalue weighted by Crippen LogP contribution is -2.49. The van der Waals surface area contributed by atoms with Gasteiger partial charge in [-0.3, -0.25) is 0 Å². The van der Waals surface area contributed by atoms with Crippen LogP contribution >= 0.6 is 0 Å². The smallest absolute Gasteiger partial charge is 0.0221 e. The molecular formula is C17H30N2. The van der Waals surface area contributed by atoms with Gasteiger partial charge < -0.3 is 10.6 Å². The molecule has 108 valence electrons. The molecule has 0 aromatic rings. The molecule has 2 unspecified atom stereocenters. The molecule has 0 aromatic heterocycles. The van der Waals surface area contributed by atoms with Gasteiger partial charge in [0.1, 0.15) is 0 Å². The van der Waals surface area contributed by atoms with Gasteiger partial charge in [-0.05, 0) is 51.6 Å². The van der Waals surface area contributed by atoms with Crippen molar-refractivity contribution in [2.24, 2.45) is 0 Å². The summed E-state index contributed by atoms with van der Waals surface area (Å²) in [7, 11) is 0. The number of allylic oxidation sites excluding steroid dienone is 4. The summed E-state index contributed by atoms with van der Waals surface area (Å²) in [6.07, 6.45) is 17.4. The van der Waals surface area contributed by atoms with Gasteiger partial charge in [-0.15, -0.1) is 0 Å². The molecule has 2 nitrogen and oxygen atoms in total. The molecule has 0 aromatic carbocycles. The van der Waals surface area contributed by atoms with Crippen LogP contribution in [0.4, 0.5) is 0 Å². The molecule has 2 atom stereocenters. The minimum Gasteiger partial charge on any atom is -0.313 e. The van der Waals surface area contributed by atoms with Crippen LogP contribution in [0.5, 0.6) is 0 Å². The summed E-state index contributed by atoms with van der Waals surface area (Å²) in [5.74, 6) is 0. The third kappa shape index (κ3) is 5.12. The van der Waals surface area contributed by atoms with Crippen molar-refractivity contribution in [1.29, 1.82) is 0 Å². The topological polar surface area (TPSA) is 24.1 Å². The van der Waals surface area contributed by atoms with E-state index < -0.39 is 0 Å². The predicted octanol–water partition coefficient (Wildman–Crippen LogP) is 3.55. The standard InChI is InChI=1S/C17H30N2/c1-2-18-16-12-6-7-13-17(16)19-14-8-11-15-9-4-3-5-10-15/h3-4,10,16-19H,2,5-9,11-14H2,1H3. The first kappa shape index (κ1) is 14.8. The Bertz CT molecular complexity index is 304. The molecule has 0 spiro atoms. The Morgan fingerprint density at radius 3 is 2.58 bits per heavy atom. The first-order chi connectivity index (χ1) is 9.40. The first-order valence-electron chi connectivity index (χ1n) is 8.20. The lowest BCUT2D eigenvalue weighted by Gasteiger charge is -2.33. The van der Waals surface area contributed by atoms with Crippen LogP contribution < -0.4 is 10.6 Å². The highest BCUT2D eigenvalue weighted by Gasteiger charge is 2.23. The van der Waals surface area contributed by atoms with E-state index in [1.54, 1.807) is 5.57 Å². The highest BCUT2D eigenvalue weighted by Crippen LogP contribution is 2.19. The molecule has 2 aliphatic carbocycles. The second-order valence-electron chi connectivity index (χ2n) is 5.89. The van der Waals surface area contributed by atoms with Crippen molar-refractivity contribution in [3.8, 4) is 0 Å². The lowest BCUT2D eigenvalue weighted by atomic mass is 9.90. The van der Waals surface area contributed by atoms with Crippen LogP contribution in [0.1, 0.15) is 58.3 Å². The second-order valence-corrected chi connectivity index (χ2v) is 5.89. The molecule has 0 saturated heterocycles. The molecule has 0 amide bonds. The third-order valence-corrected chi connectivity index (χ3v) is 4.40. The summed E-state index contributed by atoms with van der Waals surface area (Å²) >= 11 is 0. The molecule has 19 heavy (non-hydrogen) atoms. The van der Waals surface area contributed by atoms with Crippen LogP contribution in [0.3, 0.4) is 0 Å². The van der Waals surface area contributed by atoms with Crippen molar-refractivity contribution in [1.82, 2.24) is 10.6 Å². The quantitative estimate of drug-likeness (QED) is 0.541. The maximum absolute atomic E-state index is 3.79. The molecule has 0 heterocycles. The monoisotopic (exact) mass is 262 g/mol. The molecular weight excluding hydrogens is 232 g/mol. The van der Waals surface area contributed by atoms with Gasteiger partial charge in [-0.25, -0.2) is 0 Å². The molecule has 1 saturated carbocycles. The van der Waals surface area contributed by atoms with Crippen LogP contribution in [-0.2, 0) is 0 Å². The Kier molecular flexibility index (Phi) is 6.66. The highest BCUT2D eigenvalue weighted by atomic mass is 15.0. The van der Waals surface area contributed by atoms with Gasteiger partial charge in [0.25, 0.3) is 0 Å². The van der Waals surface area contributed by atoms with E-state index in [9.17, 15) is 0 Å². The van der Waals surface area contributed by atoms with Gasteiger partial charge in [0.05, 0.1) is 0 Å². The Balaban J connectivity index is 1.62. The zero-order valence-electron chi connectivity index (χ0n) is 12.5. The highest BCUT2D eigenvalue weighted by molar-refractivity contribution is 5.14. The first-order valence-corrected chi connectivity index (χ1v) is 8.20. The third-order valence-electron chi connectivity index (χ3n) is 4.40. The molecule has 2 rings (SSSR count). The lowest BCUT2D eigenvalue weighted by molar-refractivity contribution is 0.287. The molecule has 2 heteroatoms. The average Bonchev–Trinajstić information content (AvgIpc) is 2.47. The Labute approximate surface area is 118 Å². The summed E-state index contributed by atoms with van der Waals surface area (Å²) in [4.78, 5) is 0. The largest absolute Gasteiger partial charge is 0.313 e. The van der Waals surface area contributed by atoms with E-state index in [-0.39, 0.29) is 0 Å². The van der Waals surface area contributed by atoms with Gasteiger partial charge >= 0.3 is 0 Å². The summed E-state index contributed by atoms with van der Waals surface area (Å²) in [5, 5.41) is 7.43. The Morgan fingerprint density at radius 1 is 1.11 bits per heavy atom. The molecule has 0 radical (unpaired) electrons. The zero-order valence-corrected chi connectivity index (χ0v) is 12.5. The second kappa shape index (κ2) is 8.55. The minimum atomic E-state index is 0.703. The van der Waals surface area contributed by atoms with E-state index in [4.69, 9.17) is 0 Å². The zero-order chi connectivity index (χ0) is 13.3. The van der Waals surface area contributed by atoms with E-state index in [0.29, 0.717) is 12.1 Å². The number of rotatable bonds is 7. The fourth-order valence-electron chi connectivity index (χ4n) is 3.34. The fourth-order valence-corrected chi connectivity index (χ4v) is 3.34. The molecule has 0 bridgehead atoms. The number of hydrogen-bond donors (Lipinski definition) is 2. The Hall–Kier alpha value is -0.600. The van der Waals surface area contributed by atoms with Crippen molar-refractivity contribution in [2.75, 3.05) is 13.1 Å². The summed E-state index contributed by atoms with van der Waals surface area (Å²) in [6, 6.07) is 1.41. The SMILES string of the molecule is CCNC1CCCCC1NCCCC1=CCC=CC1. The van der Waals surface area contributed by atoms with Crippen molar-refractivity contribution in [3.63, 3.8) is 0 Å². The predicted molar refractivity (Wildman–Crippen MR) is 83.4 cm³/mol. The van der Waals surface area contributed by atoms with Crippen LogP contribution in [0.2, 0.25) is 0 Å². The van der Waals surface area contributed by atoms with Crippen LogP contribution in [-0.4, -0.2) is 25.2 Å². The normalized spacial score (nSPS) is 27.3. The summed E-state index contributed by atoms with van der Waals surface area (Å²) < 4.78 is 0. The number of likely N-dealkylation sites (N-methyl/N-ethyl adjacent to an activating group) is 1. The molecule has 2 aliphatic rings. The summed E-state index contributed by atoms with van der Waals surface area (Å²) in [6.45, 7) is 4.49. The maximum Gasteiger partial charge on any atom is 0.0221 e. The van der Waals surface area contributed by atoms with Crippen LogP contribution in [0.25, 0.3) is 0 Å². The van der Waals surface area contributed by atoms with Crippen LogP contribution in [0.15, 0.2) is 23.8 Å². The molecule has 0 aliphatic heterocycles. The van der Waals surface area contributed by atoms with Gasteiger partial charge in [-0.1, -0.05) is 43.6 Å². The van der Waals surface area contributed by atoms with E-state index in [1.807, 2.05) is 0 Å². The Morgan fingerprint density at radius 2 is 1.89 bits per heavy atom. The van der Waals surface area contributed by atoms with Gasteiger partial charge in [0.15, 0.2) is 0 Å². The molecule has 2 N–H and O–H groups in total. The maximum atomic E-state index is 3.79. The number of hydrogen-bond acceptors (Lipinski definition) is 2. The van der Waals surface area contributed by atoms with Crippen molar-refractivity contribution in [3.05, 3.63) is 23.8 Å². The van der Waals surface area contributed by atoms with Gasteiger partial charge in [0.2, 0.25) is 0 Å².